The van der Waals surface area contributed by atoms with Crippen LogP contribution in [-0.4, -0.2) is 14.9 Å². The first-order valence-electron chi connectivity index (χ1n) is 6.52. The molecule has 0 saturated heterocycles. The Morgan fingerprint density at radius 3 is 2.17 bits per heavy atom. The molecule has 0 aliphatic heterocycles. The van der Waals surface area contributed by atoms with E-state index in [0.29, 0.717) is 33.2 Å². The van der Waals surface area contributed by atoms with Gasteiger partial charge in [0.05, 0.1) is 17.8 Å². The van der Waals surface area contributed by atoms with Crippen molar-refractivity contribution in [1.82, 2.24) is 9.78 Å². The van der Waals surface area contributed by atoms with Gasteiger partial charge in [0.15, 0.2) is 0 Å². The molecule has 2 aromatic carbocycles. The summed E-state index contributed by atoms with van der Waals surface area (Å²) in [5.74, 6) is 0. The third kappa shape index (κ3) is 3.01. The number of aliphatic hydroxyl groups is 1. The van der Waals surface area contributed by atoms with Crippen LogP contribution in [0.4, 0.5) is 19.4 Å². The van der Waals surface area contributed by atoms with Crippen LogP contribution in [0.5, 0.6) is 0 Å². The molecule has 0 spiro atoms. The first-order valence-corrected chi connectivity index (χ1v) is 9.26. The second-order valence-electron chi connectivity index (χ2n) is 5.13. The number of benzene rings is 2. The molecule has 0 radical (unpaired) electrons. The van der Waals surface area contributed by atoms with Crippen molar-refractivity contribution in [2.75, 3.05) is 0 Å². The lowest BCUT2D eigenvalue weighted by atomic mass is 10.1. The Morgan fingerprint density at radius 1 is 1.00 bits per heavy atom. The zero-order valence-electron chi connectivity index (χ0n) is 11.8. The smallest absolute Gasteiger partial charge is 0.310 e. The first kappa shape index (κ1) is 17.2. The molecule has 1 N–H and O–H groups in total. The van der Waals surface area contributed by atoms with Crippen LogP contribution in [0.25, 0.3) is 16.6 Å². The average molecular weight is 429 g/mol. The van der Waals surface area contributed by atoms with Gasteiger partial charge in [-0.05, 0) is 51.8 Å². The van der Waals surface area contributed by atoms with E-state index in [4.69, 9.17) is 0 Å². The molecule has 0 aliphatic rings. The summed E-state index contributed by atoms with van der Waals surface area (Å²) in [4.78, 5) is -1.95. The van der Waals surface area contributed by atoms with E-state index < -0.39 is 15.1 Å². The molecule has 1 heterocycles. The molecule has 3 aromatic rings. The number of hydrogen-bond donors (Lipinski definition) is 1. The maximum absolute atomic E-state index is 12.8. The van der Waals surface area contributed by atoms with Gasteiger partial charge in [0.25, 0.3) is 0 Å². The summed E-state index contributed by atoms with van der Waals surface area (Å²) >= 11 is 3.23. The predicted octanol–water partition coefficient (Wildman–Crippen LogP) is 5.94. The number of nitrogens with zero attached hydrogens (tertiary/aromatic N) is 2. The number of hydrogen-bond acceptors (Lipinski definition) is 2. The molecule has 1 aromatic heterocycles. The molecule has 0 unspecified atom stereocenters. The van der Waals surface area contributed by atoms with Crippen molar-refractivity contribution in [3.63, 3.8) is 0 Å². The van der Waals surface area contributed by atoms with Crippen LogP contribution in [0.3, 0.4) is 0 Å². The summed E-state index contributed by atoms with van der Waals surface area (Å²) < 4.78 is 65.6. The lowest BCUT2D eigenvalue weighted by molar-refractivity contribution is 0.283. The van der Waals surface area contributed by atoms with Crippen molar-refractivity contribution in [2.45, 2.75) is 11.5 Å². The molecule has 130 valence electrons. The largest absolute Gasteiger partial charge is 0.392 e. The standard InChI is InChI=1S/C14H10BrF5N2OS/c15-14-13-9(8-23)2-1-3-12(13)22(21-14)10-4-6-11(7-5-10)24(16,17,18,19)20/h1-7,23H,8H2. The fourth-order valence-electron chi connectivity index (χ4n) is 2.37. The van der Waals surface area contributed by atoms with E-state index >= 15 is 0 Å². The molecule has 0 saturated carbocycles. The summed E-state index contributed by atoms with van der Waals surface area (Å²) in [6.07, 6.45) is 0. The maximum atomic E-state index is 12.8. The highest BCUT2D eigenvalue weighted by atomic mass is 79.9. The zero-order chi connectivity index (χ0) is 17.8. The molecule has 24 heavy (non-hydrogen) atoms. The monoisotopic (exact) mass is 428 g/mol. The molecule has 3 rings (SSSR count). The molecule has 0 fully saturated rings. The van der Waals surface area contributed by atoms with E-state index in [1.54, 1.807) is 18.2 Å². The van der Waals surface area contributed by atoms with Crippen LogP contribution in [0.1, 0.15) is 5.56 Å². The van der Waals surface area contributed by atoms with Crippen LogP contribution in [0.15, 0.2) is 52.0 Å². The molecule has 0 bridgehead atoms. The molecule has 0 atom stereocenters. The van der Waals surface area contributed by atoms with Crippen LogP contribution in [0.2, 0.25) is 0 Å². The van der Waals surface area contributed by atoms with Gasteiger partial charge in [0.2, 0.25) is 0 Å². The minimum atomic E-state index is -9.70. The number of fused-ring (bicyclic) bond motifs is 1. The summed E-state index contributed by atoms with van der Waals surface area (Å²) in [5, 5.41) is 14.1. The van der Waals surface area contributed by atoms with Crippen LogP contribution in [-0.2, 0) is 6.61 Å². The van der Waals surface area contributed by atoms with Gasteiger partial charge in [-0.25, -0.2) is 4.68 Å². The highest BCUT2D eigenvalue weighted by Crippen LogP contribution is 3.02. The Bertz CT molecular complexity index is 938. The van der Waals surface area contributed by atoms with Crippen molar-refractivity contribution < 1.29 is 24.5 Å². The van der Waals surface area contributed by atoms with Gasteiger partial charge in [0, 0.05) is 5.39 Å². The highest BCUT2D eigenvalue weighted by molar-refractivity contribution is 9.10. The SMILES string of the molecule is OCc1cccc2c1c(Br)nn2-c1ccc(S(F)(F)(F)(F)F)cc1. The molecular formula is C14H10BrF5N2OS. The Kier molecular flexibility index (Phi) is 3.37. The topological polar surface area (TPSA) is 38.1 Å². The molecule has 10 heteroatoms. The number of aliphatic hydroxyl groups excluding tert-OH is 1. The minimum absolute atomic E-state index is 0.186. The van der Waals surface area contributed by atoms with Crippen molar-refractivity contribution >= 4 is 37.1 Å². The highest BCUT2D eigenvalue weighted by Gasteiger charge is 2.65. The Hall–Kier alpha value is -1.65. The summed E-state index contributed by atoms with van der Waals surface area (Å²) in [7, 11) is -9.70. The number of rotatable bonds is 3. The fraction of sp³-hybridized carbons (Fsp3) is 0.0714. The van der Waals surface area contributed by atoms with Gasteiger partial charge in [-0.15, -0.1) is 0 Å². The molecule has 3 nitrogen and oxygen atoms in total. The molecular weight excluding hydrogens is 419 g/mol. The predicted molar refractivity (Wildman–Crippen MR) is 86.1 cm³/mol. The lowest BCUT2D eigenvalue weighted by Gasteiger charge is -2.40. The van der Waals surface area contributed by atoms with Gasteiger partial charge < -0.3 is 5.11 Å². The average Bonchev–Trinajstić information content (AvgIpc) is 2.83. The summed E-state index contributed by atoms with van der Waals surface area (Å²) in [6, 6.07) is 7.53. The second-order valence-corrected chi connectivity index (χ2v) is 8.30. The van der Waals surface area contributed by atoms with Crippen LogP contribution in [0, 0.1) is 0 Å². The summed E-state index contributed by atoms with van der Waals surface area (Å²) in [5.41, 5.74) is 1.29. The minimum Gasteiger partial charge on any atom is -0.392 e. The zero-order valence-corrected chi connectivity index (χ0v) is 14.2. The van der Waals surface area contributed by atoms with Crippen molar-refractivity contribution in [3.05, 3.63) is 52.6 Å². The van der Waals surface area contributed by atoms with E-state index in [0.717, 1.165) is 12.1 Å². The normalized spacial score (nSPS) is 15.3. The van der Waals surface area contributed by atoms with E-state index in [1.165, 1.54) is 4.68 Å². The van der Waals surface area contributed by atoms with Gasteiger partial charge in [0.1, 0.15) is 9.50 Å². The maximum Gasteiger partial charge on any atom is 0.310 e. The first-order chi connectivity index (χ1) is 10.9. The van der Waals surface area contributed by atoms with Gasteiger partial charge in [-0.1, -0.05) is 31.6 Å². The van der Waals surface area contributed by atoms with Gasteiger partial charge in [-0.3, -0.25) is 0 Å². The Balaban J connectivity index is 2.17. The second kappa shape index (κ2) is 4.70. The molecule has 0 amide bonds. The molecule has 0 aliphatic carbocycles. The van der Waals surface area contributed by atoms with E-state index in [9.17, 15) is 24.5 Å². The van der Waals surface area contributed by atoms with Gasteiger partial charge in [-0.2, -0.15) is 5.10 Å². The van der Waals surface area contributed by atoms with Crippen molar-refractivity contribution in [3.8, 4) is 5.69 Å². The Morgan fingerprint density at radius 2 is 1.62 bits per heavy atom. The van der Waals surface area contributed by atoms with Crippen LogP contribution >= 0.6 is 26.2 Å². The van der Waals surface area contributed by atoms with E-state index in [1.807, 2.05) is 0 Å². The quantitative estimate of drug-likeness (QED) is 0.524. The van der Waals surface area contributed by atoms with Gasteiger partial charge >= 0.3 is 10.2 Å². The van der Waals surface area contributed by atoms with Crippen molar-refractivity contribution in [1.29, 1.82) is 0 Å². The van der Waals surface area contributed by atoms with E-state index in [-0.39, 0.29) is 12.3 Å². The third-order valence-electron chi connectivity index (χ3n) is 3.45. The van der Waals surface area contributed by atoms with Crippen LogP contribution < -0.4 is 0 Å². The van der Waals surface area contributed by atoms with E-state index in [2.05, 4.69) is 21.0 Å². The Labute approximate surface area is 141 Å². The summed E-state index contributed by atoms with van der Waals surface area (Å²) in [6.45, 7) is -0.245. The van der Waals surface area contributed by atoms with Crippen molar-refractivity contribution in [2.24, 2.45) is 0 Å². The fourth-order valence-corrected chi connectivity index (χ4v) is 3.63. The number of halogens is 6. The lowest BCUT2D eigenvalue weighted by Crippen LogP contribution is -2.06. The third-order valence-corrected chi connectivity index (χ3v) is 5.17. The number of aromatic nitrogens is 2.